The van der Waals surface area contributed by atoms with Crippen molar-refractivity contribution in [1.29, 1.82) is 0 Å². The Morgan fingerprint density at radius 2 is 2.00 bits per heavy atom. The Balaban J connectivity index is 1.38. The molecule has 0 spiro atoms. The summed E-state index contributed by atoms with van der Waals surface area (Å²) in [5.41, 5.74) is 2.55. The second kappa shape index (κ2) is 12.0. The van der Waals surface area contributed by atoms with E-state index in [1.165, 1.54) is 22.8 Å². The van der Waals surface area contributed by atoms with Crippen molar-refractivity contribution in [2.24, 2.45) is 0 Å². The lowest BCUT2D eigenvalue weighted by atomic mass is 10.0. The molecule has 0 aliphatic carbocycles. The minimum Gasteiger partial charge on any atom is -0.504 e. The van der Waals surface area contributed by atoms with Gasteiger partial charge in [0.2, 0.25) is 18.6 Å². The van der Waals surface area contributed by atoms with Crippen LogP contribution < -0.4 is 19.5 Å². The van der Waals surface area contributed by atoms with E-state index in [9.17, 15) is 14.7 Å². The van der Waals surface area contributed by atoms with E-state index in [0.29, 0.717) is 41.2 Å². The van der Waals surface area contributed by atoms with Crippen LogP contribution in [0.1, 0.15) is 30.0 Å². The number of nitrogens with zero attached hydrogens (tertiary/aromatic N) is 4. The van der Waals surface area contributed by atoms with Crippen LogP contribution in [0.2, 0.25) is 0 Å². The number of hydrogen-bond acceptors (Lipinski definition) is 9. The van der Waals surface area contributed by atoms with E-state index in [1.54, 1.807) is 24.3 Å². The molecular formula is C30H31N5O7. The molecule has 1 fully saturated rings. The van der Waals surface area contributed by atoms with Crippen molar-refractivity contribution in [3.63, 3.8) is 0 Å². The first-order valence-electron chi connectivity index (χ1n) is 13.7. The highest BCUT2D eigenvalue weighted by molar-refractivity contribution is 5.89. The fraction of sp³-hybridized carbons (Fsp3) is 0.333. The number of methoxy groups -OCH3 is 1. The minimum absolute atomic E-state index is 0.0727. The average molecular weight is 574 g/mol. The number of phenols is 1. The number of benzene rings is 3. The fourth-order valence-corrected chi connectivity index (χ4v) is 5.27. The zero-order valence-corrected chi connectivity index (χ0v) is 23.1. The Morgan fingerprint density at radius 3 is 2.83 bits per heavy atom. The lowest BCUT2D eigenvalue weighted by Gasteiger charge is -2.32. The summed E-state index contributed by atoms with van der Waals surface area (Å²) in [5, 5.41) is 21.6. The highest BCUT2D eigenvalue weighted by Gasteiger charge is 2.34. The number of amides is 2. The number of para-hydroxylation sites is 1. The highest BCUT2D eigenvalue weighted by Crippen LogP contribution is 2.35. The van der Waals surface area contributed by atoms with Gasteiger partial charge in [0.1, 0.15) is 18.1 Å². The van der Waals surface area contributed by atoms with Crippen LogP contribution in [0.5, 0.6) is 23.0 Å². The predicted octanol–water partition coefficient (Wildman–Crippen LogP) is 2.94. The fourth-order valence-electron chi connectivity index (χ4n) is 5.27. The summed E-state index contributed by atoms with van der Waals surface area (Å²) >= 11 is 0. The van der Waals surface area contributed by atoms with Gasteiger partial charge in [0.15, 0.2) is 23.0 Å². The van der Waals surface area contributed by atoms with Gasteiger partial charge < -0.3 is 34.3 Å². The van der Waals surface area contributed by atoms with Crippen LogP contribution in [-0.2, 0) is 27.4 Å². The van der Waals surface area contributed by atoms with Crippen molar-refractivity contribution >= 4 is 22.8 Å². The standard InChI is InChI=1S/C30H31N5O7/c1-39-26-14-20(9-10-24(26)36)29(30(38)31-15-21-5-4-12-40-21)34(16-19-8-11-25-27(13-19)42-18-41-25)28(37)17-35-23-7-3-2-6-22(23)32-33-35/h2-3,6-11,13-14,21,29,36H,4-5,12,15-18H2,1H3,(H,31,38)/t21-,29-/m0/s1. The summed E-state index contributed by atoms with van der Waals surface area (Å²) in [6, 6.07) is 16.3. The van der Waals surface area contributed by atoms with E-state index in [0.717, 1.165) is 18.4 Å². The molecule has 6 rings (SSSR count). The first kappa shape index (κ1) is 27.3. The predicted molar refractivity (Wildman–Crippen MR) is 150 cm³/mol. The number of aromatic hydroxyl groups is 1. The van der Waals surface area contributed by atoms with Crippen LogP contribution in [-0.4, -0.2) is 70.0 Å². The molecule has 3 heterocycles. The molecule has 1 saturated heterocycles. The Morgan fingerprint density at radius 1 is 1.14 bits per heavy atom. The van der Waals surface area contributed by atoms with E-state index in [1.807, 2.05) is 30.3 Å². The molecular weight excluding hydrogens is 542 g/mol. The number of nitrogens with one attached hydrogen (secondary N) is 1. The number of fused-ring (bicyclic) bond motifs is 2. The maximum atomic E-state index is 14.2. The second-order valence-corrected chi connectivity index (χ2v) is 10.2. The van der Waals surface area contributed by atoms with Gasteiger partial charge in [-0.1, -0.05) is 29.5 Å². The number of phenolic OH excluding ortho intramolecular Hbond substituents is 1. The molecule has 4 aromatic rings. The van der Waals surface area contributed by atoms with Crippen LogP contribution >= 0.6 is 0 Å². The first-order chi connectivity index (χ1) is 20.5. The van der Waals surface area contributed by atoms with E-state index in [-0.39, 0.29) is 43.4 Å². The molecule has 12 nitrogen and oxygen atoms in total. The summed E-state index contributed by atoms with van der Waals surface area (Å²) in [5.74, 6) is 0.515. The summed E-state index contributed by atoms with van der Waals surface area (Å²) in [7, 11) is 1.43. The van der Waals surface area contributed by atoms with Crippen LogP contribution in [0, 0.1) is 0 Å². The molecule has 3 aromatic carbocycles. The second-order valence-electron chi connectivity index (χ2n) is 10.2. The van der Waals surface area contributed by atoms with E-state index < -0.39 is 11.9 Å². The van der Waals surface area contributed by atoms with Gasteiger partial charge >= 0.3 is 0 Å². The van der Waals surface area contributed by atoms with Crippen LogP contribution in [0.25, 0.3) is 11.0 Å². The van der Waals surface area contributed by atoms with Gasteiger partial charge in [-0.05, 0) is 60.4 Å². The molecule has 2 amide bonds. The van der Waals surface area contributed by atoms with Crippen LogP contribution in [0.15, 0.2) is 60.7 Å². The van der Waals surface area contributed by atoms with E-state index in [2.05, 4.69) is 15.6 Å². The number of aromatic nitrogens is 3. The number of ether oxygens (including phenoxy) is 4. The molecule has 2 N–H and O–H groups in total. The number of hydrogen-bond donors (Lipinski definition) is 2. The quantitative estimate of drug-likeness (QED) is 0.293. The van der Waals surface area contributed by atoms with E-state index in [4.69, 9.17) is 18.9 Å². The molecule has 0 radical (unpaired) electrons. The minimum atomic E-state index is -1.08. The Hall–Kier alpha value is -4.84. The Labute approximate surface area is 241 Å². The molecule has 2 aliphatic heterocycles. The first-order valence-corrected chi connectivity index (χ1v) is 13.7. The normalized spacial score (nSPS) is 16.4. The van der Waals surface area contributed by atoms with Gasteiger partial charge in [0.05, 0.1) is 18.7 Å². The Kier molecular flexibility index (Phi) is 7.78. The highest BCUT2D eigenvalue weighted by atomic mass is 16.7. The van der Waals surface area contributed by atoms with E-state index >= 15 is 0 Å². The van der Waals surface area contributed by atoms with Gasteiger partial charge in [-0.25, -0.2) is 4.68 Å². The lowest BCUT2D eigenvalue weighted by Crippen LogP contribution is -2.46. The lowest BCUT2D eigenvalue weighted by molar-refractivity contribution is -0.142. The van der Waals surface area contributed by atoms with Gasteiger partial charge in [-0.15, -0.1) is 5.10 Å². The summed E-state index contributed by atoms with van der Waals surface area (Å²) in [4.78, 5) is 29.7. The molecule has 0 unspecified atom stereocenters. The third kappa shape index (κ3) is 5.66. The topological polar surface area (TPSA) is 137 Å². The zero-order chi connectivity index (χ0) is 29.1. The maximum absolute atomic E-state index is 14.2. The molecule has 218 valence electrons. The van der Waals surface area contributed by atoms with Gasteiger partial charge in [-0.3, -0.25) is 9.59 Å². The molecule has 42 heavy (non-hydrogen) atoms. The molecule has 2 aliphatic rings. The van der Waals surface area contributed by atoms with Crippen LogP contribution in [0.4, 0.5) is 0 Å². The summed E-state index contributed by atoms with van der Waals surface area (Å²) in [6.45, 7) is 0.992. The van der Waals surface area contributed by atoms with Crippen molar-refractivity contribution in [3.8, 4) is 23.0 Å². The number of carbonyl (C=O) groups is 2. The number of carbonyl (C=O) groups excluding carboxylic acids is 2. The SMILES string of the molecule is COc1cc([C@@H](C(=O)NC[C@@H]2CCCO2)N(Cc2ccc3c(c2)OCO3)C(=O)Cn2nnc3ccccc32)ccc1O. The zero-order valence-electron chi connectivity index (χ0n) is 23.1. The van der Waals surface area contributed by atoms with Gasteiger partial charge in [0, 0.05) is 19.7 Å². The van der Waals surface area contributed by atoms with Crippen molar-refractivity contribution < 1.29 is 33.6 Å². The average Bonchev–Trinajstić information content (AvgIpc) is 3.78. The van der Waals surface area contributed by atoms with Crippen molar-refractivity contribution in [1.82, 2.24) is 25.2 Å². The third-order valence-corrected chi connectivity index (χ3v) is 7.42. The van der Waals surface area contributed by atoms with Gasteiger partial charge in [0.25, 0.3) is 0 Å². The van der Waals surface area contributed by atoms with Crippen molar-refractivity contribution in [2.75, 3.05) is 27.1 Å². The molecule has 2 atom stereocenters. The molecule has 12 heteroatoms. The summed E-state index contributed by atoms with van der Waals surface area (Å²) in [6.07, 6.45) is 1.68. The largest absolute Gasteiger partial charge is 0.504 e. The summed E-state index contributed by atoms with van der Waals surface area (Å²) < 4.78 is 23.6. The third-order valence-electron chi connectivity index (χ3n) is 7.42. The molecule has 1 aromatic heterocycles. The molecule has 0 saturated carbocycles. The smallest absolute Gasteiger partial charge is 0.247 e. The van der Waals surface area contributed by atoms with Crippen molar-refractivity contribution in [3.05, 3.63) is 71.8 Å². The maximum Gasteiger partial charge on any atom is 0.247 e. The molecule has 0 bridgehead atoms. The van der Waals surface area contributed by atoms with Gasteiger partial charge in [-0.2, -0.15) is 0 Å². The van der Waals surface area contributed by atoms with Crippen molar-refractivity contribution in [2.45, 2.75) is 38.1 Å². The van der Waals surface area contributed by atoms with Crippen LogP contribution in [0.3, 0.4) is 0 Å². The monoisotopic (exact) mass is 573 g/mol. The Bertz CT molecular complexity index is 1600. The number of rotatable bonds is 10.